The van der Waals surface area contributed by atoms with Gasteiger partial charge in [0.2, 0.25) is 0 Å². The number of hydrogen-bond acceptors (Lipinski definition) is 2. The van der Waals surface area contributed by atoms with E-state index in [-0.39, 0.29) is 11.9 Å². The lowest BCUT2D eigenvalue weighted by molar-refractivity contribution is 0.177. The Bertz CT molecular complexity index is 435. The summed E-state index contributed by atoms with van der Waals surface area (Å²) >= 11 is 0. The smallest absolute Gasteiger partial charge is 0.123 e. The highest BCUT2D eigenvalue weighted by molar-refractivity contribution is 5.34. The molecule has 0 radical (unpaired) electrons. The molecule has 0 spiro atoms. The molecule has 1 saturated carbocycles. The van der Waals surface area contributed by atoms with Crippen LogP contribution in [0.15, 0.2) is 18.2 Å². The molecule has 0 amide bonds. The van der Waals surface area contributed by atoms with Crippen LogP contribution in [0, 0.1) is 11.7 Å². The van der Waals surface area contributed by atoms with Gasteiger partial charge in [-0.3, -0.25) is 0 Å². The molecular weight excluding hydrogens is 229 g/mol. The zero-order valence-electron chi connectivity index (χ0n) is 10.5. The molecule has 0 aliphatic heterocycles. The second-order valence-corrected chi connectivity index (χ2v) is 5.68. The largest absolute Gasteiger partial charge is 0.393 e. The SMILES string of the molecule is OC1CCC(CNC2CCc3cc(F)ccc32)C1. The summed E-state index contributed by atoms with van der Waals surface area (Å²) in [6.45, 7) is 0.971. The third-order valence-corrected chi connectivity index (χ3v) is 4.35. The lowest BCUT2D eigenvalue weighted by Gasteiger charge is -2.17. The third-order valence-electron chi connectivity index (χ3n) is 4.35. The van der Waals surface area contributed by atoms with Crippen LogP contribution in [-0.2, 0) is 6.42 Å². The van der Waals surface area contributed by atoms with Crippen molar-refractivity contribution in [1.82, 2.24) is 5.32 Å². The summed E-state index contributed by atoms with van der Waals surface area (Å²) in [5.74, 6) is 0.470. The number of rotatable bonds is 3. The van der Waals surface area contributed by atoms with Crippen molar-refractivity contribution >= 4 is 0 Å². The van der Waals surface area contributed by atoms with Gasteiger partial charge in [-0.25, -0.2) is 4.39 Å². The Kier molecular flexibility index (Phi) is 3.35. The molecule has 3 atom stereocenters. The highest BCUT2D eigenvalue weighted by atomic mass is 19.1. The van der Waals surface area contributed by atoms with Crippen molar-refractivity contribution in [3.05, 3.63) is 35.1 Å². The Labute approximate surface area is 107 Å². The first-order chi connectivity index (χ1) is 8.72. The maximum atomic E-state index is 13.1. The van der Waals surface area contributed by atoms with Crippen LogP contribution in [0.25, 0.3) is 0 Å². The van der Waals surface area contributed by atoms with Gasteiger partial charge in [-0.1, -0.05) is 6.07 Å². The number of aliphatic hydroxyl groups excluding tert-OH is 1. The fourth-order valence-electron chi connectivity index (χ4n) is 3.34. The number of aryl methyl sites for hydroxylation is 1. The van der Waals surface area contributed by atoms with E-state index in [0.717, 1.165) is 44.2 Å². The lowest BCUT2D eigenvalue weighted by Crippen LogP contribution is -2.25. The zero-order chi connectivity index (χ0) is 12.5. The topological polar surface area (TPSA) is 32.3 Å². The average molecular weight is 249 g/mol. The summed E-state index contributed by atoms with van der Waals surface area (Å²) in [7, 11) is 0. The van der Waals surface area contributed by atoms with E-state index in [9.17, 15) is 9.50 Å². The first kappa shape index (κ1) is 12.1. The molecule has 2 N–H and O–H groups in total. The van der Waals surface area contributed by atoms with Gasteiger partial charge in [0.1, 0.15) is 5.82 Å². The van der Waals surface area contributed by atoms with Crippen molar-refractivity contribution in [3.8, 4) is 0 Å². The maximum absolute atomic E-state index is 13.1. The molecule has 2 aliphatic carbocycles. The minimum absolute atomic E-state index is 0.0956. The summed E-state index contributed by atoms with van der Waals surface area (Å²) in [4.78, 5) is 0. The molecule has 2 aliphatic rings. The molecule has 18 heavy (non-hydrogen) atoms. The van der Waals surface area contributed by atoms with Gasteiger partial charge in [-0.2, -0.15) is 0 Å². The van der Waals surface area contributed by atoms with E-state index in [1.54, 1.807) is 12.1 Å². The fourth-order valence-corrected chi connectivity index (χ4v) is 3.34. The molecule has 1 fully saturated rings. The van der Waals surface area contributed by atoms with Gasteiger partial charge in [0.05, 0.1) is 6.10 Å². The van der Waals surface area contributed by atoms with Crippen LogP contribution >= 0.6 is 0 Å². The average Bonchev–Trinajstić information content (AvgIpc) is 2.92. The van der Waals surface area contributed by atoms with Gasteiger partial charge in [-0.05, 0) is 67.8 Å². The monoisotopic (exact) mass is 249 g/mol. The standard InChI is InChI=1S/C15H20FNO/c16-12-3-5-14-11(8-12)2-6-15(14)17-9-10-1-4-13(18)7-10/h3,5,8,10,13,15,17-18H,1-2,4,6-7,9H2. The molecule has 3 heteroatoms. The number of hydrogen-bond donors (Lipinski definition) is 2. The molecule has 0 aromatic heterocycles. The number of nitrogens with one attached hydrogen (secondary N) is 1. The van der Waals surface area contributed by atoms with Crippen LogP contribution < -0.4 is 5.32 Å². The second kappa shape index (κ2) is 4.98. The van der Waals surface area contributed by atoms with Crippen LogP contribution in [-0.4, -0.2) is 17.8 Å². The Morgan fingerprint density at radius 3 is 2.94 bits per heavy atom. The highest BCUT2D eigenvalue weighted by Gasteiger charge is 2.26. The van der Waals surface area contributed by atoms with Crippen LogP contribution in [0.4, 0.5) is 4.39 Å². The van der Waals surface area contributed by atoms with Gasteiger partial charge >= 0.3 is 0 Å². The van der Waals surface area contributed by atoms with E-state index in [1.165, 1.54) is 5.56 Å². The second-order valence-electron chi connectivity index (χ2n) is 5.68. The van der Waals surface area contributed by atoms with Crippen molar-refractivity contribution in [2.75, 3.05) is 6.54 Å². The first-order valence-corrected chi connectivity index (χ1v) is 6.92. The van der Waals surface area contributed by atoms with Gasteiger partial charge in [0.15, 0.2) is 0 Å². The molecule has 98 valence electrons. The Balaban J connectivity index is 1.59. The summed E-state index contributed by atoms with van der Waals surface area (Å²) in [6, 6.07) is 5.51. The Hall–Kier alpha value is -0.930. The van der Waals surface area contributed by atoms with Crippen LogP contribution in [0.1, 0.15) is 42.9 Å². The summed E-state index contributed by atoms with van der Waals surface area (Å²) in [5, 5.41) is 13.1. The maximum Gasteiger partial charge on any atom is 0.123 e. The lowest BCUT2D eigenvalue weighted by atomic mass is 10.1. The quantitative estimate of drug-likeness (QED) is 0.863. The van der Waals surface area contributed by atoms with E-state index in [4.69, 9.17) is 0 Å². The zero-order valence-corrected chi connectivity index (χ0v) is 10.5. The normalized spacial score (nSPS) is 30.7. The van der Waals surface area contributed by atoms with Crippen molar-refractivity contribution in [3.63, 3.8) is 0 Å². The predicted molar refractivity (Wildman–Crippen MR) is 68.8 cm³/mol. The van der Waals surface area contributed by atoms with Gasteiger partial charge in [0.25, 0.3) is 0 Å². The number of halogens is 1. The van der Waals surface area contributed by atoms with E-state index in [1.807, 2.05) is 6.07 Å². The van der Waals surface area contributed by atoms with Gasteiger partial charge in [0, 0.05) is 6.04 Å². The van der Waals surface area contributed by atoms with E-state index >= 15 is 0 Å². The van der Waals surface area contributed by atoms with Crippen molar-refractivity contribution < 1.29 is 9.50 Å². The minimum atomic E-state index is -0.131. The van der Waals surface area contributed by atoms with Crippen molar-refractivity contribution in [1.29, 1.82) is 0 Å². The summed E-state index contributed by atoms with van der Waals surface area (Å²) in [5.41, 5.74) is 2.41. The fraction of sp³-hybridized carbons (Fsp3) is 0.600. The van der Waals surface area contributed by atoms with Crippen molar-refractivity contribution in [2.45, 2.75) is 44.2 Å². The van der Waals surface area contributed by atoms with Crippen LogP contribution in [0.5, 0.6) is 0 Å². The molecule has 2 nitrogen and oxygen atoms in total. The third kappa shape index (κ3) is 2.43. The molecule has 0 bridgehead atoms. The predicted octanol–water partition coefficient (Wildman–Crippen LogP) is 2.56. The van der Waals surface area contributed by atoms with E-state index < -0.39 is 0 Å². The number of fused-ring (bicyclic) bond motifs is 1. The molecule has 3 unspecified atom stereocenters. The molecule has 1 aromatic carbocycles. The highest BCUT2D eigenvalue weighted by Crippen LogP contribution is 2.32. The molecular formula is C15H20FNO. The van der Waals surface area contributed by atoms with Crippen LogP contribution in [0.3, 0.4) is 0 Å². The molecule has 0 saturated heterocycles. The Morgan fingerprint density at radius 1 is 1.28 bits per heavy atom. The Morgan fingerprint density at radius 2 is 2.17 bits per heavy atom. The number of aliphatic hydroxyl groups is 1. The summed E-state index contributed by atoms with van der Waals surface area (Å²) < 4.78 is 13.1. The van der Waals surface area contributed by atoms with Crippen LogP contribution in [0.2, 0.25) is 0 Å². The number of benzene rings is 1. The molecule has 3 rings (SSSR count). The molecule has 0 heterocycles. The molecule has 1 aromatic rings. The van der Waals surface area contributed by atoms with Gasteiger partial charge < -0.3 is 10.4 Å². The summed E-state index contributed by atoms with van der Waals surface area (Å²) in [6.07, 6.45) is 4.93. The first-order valence-electron chi connectivity index (χ1n) is 6.92. The van der Waals surface area contributed by atoms with Crippen molar-refractivity contribution in [2.24, 2.45) is 5.92 Å². The minimum Gasteiger partial charge on any atom is -0.393 e. The van der Waals surface area contributed by atoms with E-state index in [0.29, 0.717) is 12.0 Å². The van der Waals surface area contributed by atoms with Gasteiger partial charge in [-0.15, -0.1) is 0 Å². The van der Waals surface area contributed by atoms with E-state index in [2.05, 4.69) is 5.32 Å².